The zero-order chi connectivity index (χ0) is 18.7. The number of hydrogen-bond acceptors (Lipinski definition) is 2. The van der Waals surface area contributed by atoms with Gasteiger partial charge in [0.2, 0.25) is 0 Å². The first kappa shape index (κ1) is 16.1. The lowest BCUT2D eigenvalue weighted by Gasteiger charge is -2.28. The van der Waals surface area contributed by atoms with Crippen molar-refractivity contribution in [2.75, 3.05) is 7.05 Å². The fraction of sp³-hybridized carbons (Fsp3) is 0.238. The van der Waals surface area contributed by atoms with Crippen molar-refractivity contribution in [1.82, 2.24) is 14.4 Å². The number of likely N-dealkylation sites (N-methyl/N-ethyl adjacent to an activating group) is 1. The molecule has 0 unspecified atom stereocenters. The van der Waals surface area contributed by atoms with Crippen LogP contribution in [0.1, 0.15) is 16.8 Å². The third-order valence-corrected chi connectivity index (χ3v) is 5.69. The molecular weight excluding hydrogens is 345 g/mol. The van der Waals surface area contributed by atoms with Crippen molar-refractivity contribution in [2.24, 2.45) is 0 Å². The van der Waals surface area contributed by atoms with Gasteiger partial charge in [-0.15, -0.1) is 0 Å². The summed E-state index contributed by atoms with van der Waals surface area (Å²) in [6, 6.07) is 13.9. The second-order valence-corrected chi connectivity index (χ2v) is 7.18. The van der Waals surface area contributed by atoms with E-state index < -0.39 is 6.04 Å². The maximum Gasteiger partial charge on any atom is 0.327 e. The predicted octanol–water partition coefficient (Wildman–Crippen LogP) is 3.15. The van der Waals surface area contributed by atoms with Crippen LogP contribution in [0.5, 0.6) is 0 Å². The van der Waals surface area contributed by atoms with E-state index in [1.807, 2.05) is 12.1 Å². The number of carbonyl (C=O) groups is 2. The van der Waals surface area contributed by atoms with E-state index in [-0.39, 0.29) is 17.8 Å². The number of carbonyl (C=O) groups excluding carboxylic acids is 2. The molecule has 0 saturated carbocycles. The summed E-state index contributed by atoms with van der Waals surface area (Å²) in [4.78, 5) is 27.8. The Hall–Kier alpha value is -3.15. The molecule has 0 radical (unpaired) electrons. The zero-order valence-corrected chi connectivity index (χ0v) is 14.9. The summed E-state index contributed by atoms with van der Waals surface area (Å²) in [5, 5.41) is 1.11. The Kier molecular flexibility index (Phi) is 3.37. The van der Waals surface area contributed by atoms with Crippen LogP contribution in [0.4, 0.5) is 9.18 Å². The van der Waals surface area contributed by atoms with Crippen LogP contribution in [0.25, 0.3) is 10.9 Å². The average molecular weight is 363 g/mol. The van der Waals surface area contributed by atoms with E-state index >= 15 is 0 Å². The molecule has 2 aromatic carbocycles. The van der Waals surface area contributed by atoms with E-state index in [2.05, 4.69) is 16.7 Å². The lowest BCUT2D eigenvalue weighted by Crippen LogP contribution is -2.40. The molecule has 1 aromatic heterocycles. The monoisotopic (exact) mass is 363 g/mol. The number of halogens is 1. The van der Waals surface area contributed by atoms with Gasteiger partial charge in [-0.2, -0.15) is 0 Å². The van der Waals surface area contributed by atoms with E-state index in [1.165, 1.54) is 17.0 Å². The Balaban J connectivity index is 1.64. The van der Waals surface area contributed by atoms with Gasteiger partial charge in [-0.3, -0.25) is 9.69 Å². The summed E-state index contributed by atoms with van der Waals surface area (Å²) >= 11 is 0. The lowest BCUT2D eigenvalue weighted by molar-refractivity contribution is -0.127. The molecule has 3 heterocycles. The number of imide groups is 1. The number of benzene rings is 2. The third kappa shape index (κ3) is 2.29. The van der Waals surface area contributed by atoms with Crippen molar-refractivity contribution >= 4 is 22.8 Å². The number of fused-ring (bicyclic) bond motifs is 4. The van der Waals surface area contributed by atoms with Crippen LogP contribution in [0.3, 0.4) is 0 Å². The SMILES string of the molecule is CN1C(=O)[C@@H]2Cc3c(n(Cc4ccc(F)cc4)c4ccccc34)CN2C1=O. The van der Waals surface area contributed by atoms with Crippen LogP contribution in [0, 0.1) is 5.82 Å². The summed E-state index contributed by atoms with van der Waals surface area (Å²) in [5.74, 6) is -0.397. The minimum Gasteiger partial charge on any atom is -0.338 e. The topological polar surface area (TPSA) is 45.6 Å². The average Bonchev–Trinajstić information content (AvgIpc) is 3.10. The minimum absolute atomic E-state index is 0.138. The molecule has 2 aliphatic heterocycles. The Bertz CT molecular complexity index is 1090. The van der Waals surface area contributed by atoms with Gasteiger partial charge in [0.05, 0.1) is 6.54 Å². The maximum atomic E-state index is 13.3. The van der Waals surface area contributed by atoms with Crippen LogP contribution in [0.15, 0.2) is 48.5 Å². The number of para-hydroxylation sites is 1. The lowest BCUT2D eigenvalue weighted by atomic mass is 9.97. The van der Waals surface area contributed by atoms with E-state index in [4.69, 9.17) is 0 Å². The second-order valence-electron chi connectivity index (χ2n) is 7.18. The summed E-state index contributed by atoms with van der Waals surface area (Å²) in [7, 11) is 1.54. The Morgan fingerprint density at radius 1 is 1.07 bits per heavy atom. The number of rotatable bonds is 2. The normalized spacial score (nSPS) is 19.0. The van der Waals surface area contributed by atoms with E-state index in [1.54, 1.807) is 24.1 Å². The smallest absolute Gasteiger partial charge is 0.327 e. The molecule has 136 valence electrons. The number of hydrogen-bond donors (Lipinski definition) is 0. The minimum atomic E-state index is -0.417. The van der Waals surface area contributed by atoms with Crippen molar-refractivity contribution in [3.8, 4) is 0 Å². The Morgan fingerprint density at radius 3 is 2.59 bits per heavy atom. The molecule has 27 heavy (non-hydrogen) atoms. The number of amides is 3. The number of nitrogens with zero attached hydrogens (tertiary/aromatic N) is 3. The molecule has 6 heteroatoms. The Morgan fingerprint density at radius 2 is 1.81 bits per heavy atom. The molecule has 3 amide bonds. The van der Waals surface area contributed by atoms with Gasteiger partial charge < -0.3 is 9.47 Å². The van der Waals surface area contributed by atoms with Crippen molar-refractivity contribution in [3.63, 3.8) is 0 Å². The highest BCUT2D eigenvalue weighted by Gasteiger charge is 2.46. The van der Waals surface area contributed by atoms with Crippen molar-refractivity contribution < 1.29 is 14.0 Å². The van der Waals surface area contributed by atoms with Gasteiger partial charge in [-0.1, -0.05) is 30.3 Å². The highest BCUT2D eigenvalue weighted by molar-refractivity contribution is 6.05. The predicted molar refractivity (Wildman–Crippen MR) is 98.6 cm³/mol. The number of urea groups is 1. The second kappa shape index (κ2) is 5.67. The largest absolute Gasteiger partial charge is 0.338 e. The van der Waals surface area contributed by atoms with E-state index in [0.29, 0.717) is 19.5 Å². The fourth-order valence-electron chi connectivity index (χ4n) is 4.30. The van der Waals surface area contributed by atoms with Crippen LogP contribution in [0.2, 0.25) is 0 Å². The Labute approximate surface area is 155 Å². The van der Waals surface area contributed by atoms with Gasteiger partial charge in [-0.25, -0.2) is 9.18 Å². The van der Waals surface area contributed by atoms with Crippen molar-refractivity contribution in [2.45, 2.75) is 25.6 Å². The molecule has 5 rings (SSSR count). The molecular formula is C21H18FN3O2. The first-order valence-corrected chi connectivity index (χ1v) is 8.96. The molecule has 0 spiro atoms. The summed E-state index contributed by atoms with van der Waals surface area (Å²) in [6.07, 6.45) is 0.529. The molecule has 1 atom stereocenters. The van der Waals surface area contributed by atoms with Crippen LogP contribution >= 0.6 is 0 Å². The van der Waals surface area contributed by atoms with Crippen molar-refractivity contribution in [3.05, 3.63) is 71.2 Å². The van der Waals surface area contributed by atoms with Crippen molar-refractivity contribution in [1.29, 1.82) is 0 Å². The molecule has 1 fully saturated rings. The summed E-state index contributed by atoms with van der Waals surface area (Å²) < 4.78 is 15.5. The van der Waals surface area contributed by atoms with Gasteiger partial charge in [0.1, 0.15) is 11.9 Å². The molecule has 0 aliphatic carbocycles. The molecule has 2 aliphatic rings. The molecule has 5 nitrogen and oxygen atoms in total. The van der Waals surface area contributed by atoms with Gasteiger partial charge in [-0.05, 0) is 29.3 Å². The standard InChI is InChI=1S/C21H18FN3O2/c1-23-20(26)18-10-16-15-4-2-3-5-17(15)24(19(16)12-25(18)21(23)27)11-13-6-8-14(22)9-7-13/h2-9,18H,10-12H2,1H3/t18-/m0/s1. The van der Waals surface area contributed by atoms with E-state index in [0.717, 1.165) is 27.7 Å². The summed E-state index contributed by atoms with van der Waals surface area (Å²) in [5.41, 5.74) is 4.24. The quantitative estimate of drug-likeness (QED) is 0.657. The first-order valence-electron chi connectivity index (χ1n) is 8.96. The van der Waals surface area contributed by atoms with Crippen LogP contribution in [-0.4, -0.2) is 39.4 Å². The highest BCUT2D eigenvalue weighted by Crippen LogP contribution is 2.36. The van der Waals surface area contributed by atoms with Crippen LogP contribution in [-0.2, 0) is 24.3 Å². The van der Waals surface area contributed by atoms with Gasteiger partial charge in [0.15, 0.2) is 0 Å². The molecule has 3 aromatic rings. The molecule has 0 N–H and O–H groups in total. The zero-order valence-electron chi connectivity index (χ0n) is 14.9. The van der Waals surface area contributed by atoms with Crippen LogP contribution < -0.4 is 0 Å². The number of aromatic nitrogens is 1. The molecule has 1 saturated heterocycles. The maximum absolute atomic E-state index is 13.3. The first-order chi connectivity index (χ1) is 13.0. The van der Waals surface area contributed by atoms with Gasteiger partial charge in [0, 0.05) is 36.6 Å². The highest BCUT2D eigenvalue weighted by atomic mass is 19.1. The van der Waals surface area contributed by atoms with Gasteiger partial charge >= 0.3 is 6.03 Å². The van der Waals surface area contributed by atoms with Gasteiger partial charge in [0.25, 0.3) is 5.91 Å². The summed E-state index contributed by atoms with van der Waals surface area (Å²) in [6.45, 7) is 0.997. The fourth-order valence-corrected chi connectivity index (χ4v) is 4.30. The van der Waals surface area contributed by atoms with E-state index in [9.17, 15) is 14.0 Å². The molecule has 0 bridgehead atoms. The third-order valence-electron chi connectivity index (χ3n) is 5.69.